The summed E-state index contributed by atoms with van der Waals surface area (Å²) in [6, 6.07) is 2.72. The van der Waals surface area contributed by atoms with Crippen molar-refractivity contribution in [2.45, 2.75) is 59.2 Å². The van der Waals surface area contributed by atoms with Crippen LogP contribution in [0.2, 0.25) is 6.04 Å². The molecule has 0 aromatic rings. The Bertz CT molecular complexity index is 183. The molecule has 1 aliphatic rings. The summed E-state index contributed by atoms with van der Waals surface area (Å²) in [7, 11) is -0.871. The Labute approximate surface area is 90.4 Å². The second-order valence-corrected chi connectivity index (χ2v) is 7.38. The molecule has 0 aliphatic carbocycles. The molecule has 0 radical (unpaired) electrons. The molecule has 1 aliphatic heterocycles. The second-order valence-electron chi connectivity index (χ2n) is 4.65. The SMILES string of the molecule is CCC[SiH]1N(C(C)C)C=CN1C(C)C. The van der Waals surface area contributed by atoms with Gasteiger partial charge in [0.2, 0.25) is 9.12 Å². The summed E-state index contributed by atoms with van der Waals surface area (Å²) in [5.41, 5.74) is 0. The van der Waals surface area contributed by atoms with Crippen molar-refractivity contribution < 1.29 is 0 Å². The van der Waals surface area contributed by atoms with Crippen LogP contribution >= 0.6 is 0 Å². The maximum absolute atomic E-state index is 2.60. The van der Waals surface area contributed by atoms with E-state index in [-0.39, 0.29) is 0 Å². The molecule has 1 heterocycles. The van der Waals surface area contributed by atoms with Crippen molar-refractivity contribution in [3.63, 3.8) is 0 Å². The van der Waals surface area contributed by atoms with E-state index in [0.29, 0.717) is 12.1 Å². The second kappa shape index (κ2) is 4.87. The lowest BCUT2D eigenvalue weighted by Crippen LogP contribution is -2.48. The molecule has 0 aromatic carbocycles. The van der Waals surface area contributed by atoms with Gasteiger partial charge in [0.05, 0.1) is 0 Å². The molecule has 2 nitrogen and oxygen atoms in total. The van der Waals surface area contributed by atoms with Crippen LogP contribution in [0.15, 0.2) is 12.4 Å². The van der Waals surface area contributed by atoms with Crippen molar-refractivity contribution in [3.05, 3.63) is 12.4 Å². The van der Waals surface area contributed by atoms with Crippen molar-refractivity contribution in [3.8, 4) is 0 Å². The van der Waals surface area contributed by atoms with E-state index in [1.807, 2.05) is 0 Å². The van der Waals surface area contributed by atoms with E-state index in [1.165, 1.54) is 12.5 Å². The van der Waals surface area contributed by atoms with Gasteiger partial charge in [-0.15, -0.1) is 0 Å². The van der Waals surface area contributed by atoms with E-state index in [4.69, 9.17) is 0 Å². The Balaban J connectivity index is 2.69. The number of rotatable bonds is 4. The van der Waals surface area contributed by atoms with Gasteiger partial charge in [0.15, 0.2) is 0 Å². The molecule has 0 bridgehead atoms. The fourth-order valence-electron chi connectivity index (χ4n) is 2.10. The average Bonchev–Trinajstić information content (AvgIpc) is 2.48. The molecule has 82 valence electrons. The molecular weight excluding hydrogens is 188 g/mol. The van der Waals surface area contributed by atoms with Gasteiger partial charge in [0, 0.05) is 24.5 Å². The van der Waals surface area contributed by atoms with Crippen LogP contribution in [-0.2, 0) is 0 Å². The normalized spacial score (nSPS) is 17.9. The molecule has 0 amide bonds. The topological polar surface area (TPSA) is 6.48 Å². The third kappa shape index (κ3) is 2.32. The third-order valence-corrected chi connectivity index (χ3v) is 6.85. The van der Waals surface area contributed by atoms with Crippen LogP contribution in [0.1, 0.15) is 41.0 Å². The zero-order chi connectivity index (χ0) is 10.7. The van der Waals surface area contributed by atoms with Crippen molar-refractivity contribution in [1.29, 1.82) is 0 Å². The number of hydrogen-bond donors (Lipinski definition) is 0. The molecular formula is C11H24N2Si. The van der Waals surface area contributed by atoms with Crippen LogP contribution in [0.5, 0.6) is 0 Å². The van der Waals surface area contributed by atoms with Gasteiger partial charge in [-0.25, -0.2) is 0 Å². The van der Waals surface area contributed by atoms with Crippen molar-refractivity contribution in [2.75, 3.05) is 0 Å². The summed E-state index contributed by atoms with van der Waals surface area (Å²) >= 11 is 0. The minimum atomic E-state index is -0.871. The number of hydrogen-bond acceptors (Lipinski definition) is 2. The summed E-state index contributed by atoms with van der Waals surface area (Å²) in [6.07, 6.45) is 5.92. The molecule has 0 atom stereocenters. The first-order valence-electron chi connectivity index (χ1n) is 5.81. The molecule has 0 aromatic heterocycles. The third-order valence-electron chi connectivity index (χ3n) is 2.84. The van der Waals surface area contributed by atoms with E-state index >= 15 is 0 Å². The monoisotopic (exact) mass is 212 g/mol. The maximum atomic E-state index is 2.60. The molecule has 0 spiro atoms. The van der Waals surface area contributed by atoms with Gasteiger partial charge in [-0.2, -0.15) is 0 Å². The number of nitrogens with zero attached hydrogens (tertiary/aromatic N) is 2. The standard InChI is InChI=1S/C11H24N2Si/c1-6-9-14-12(10(2)3)7-8-13(14)11(4)5/h7-8,10-11,14H,6,9H2,1-5H3. The zero-order valence-electron chi connectivity index (χ0n) is 10.2. The average molecular weight is 212 g/mol. The van der Waals surface area contributed by atoms with E-state index in [9.17, 15) is 0 Å². The predicted molar refractivity (Wildman–Crippen MR) is 65.3 cm³/mol. The van der Waals surface area contributed by atoms with E-state index < -0.39 is 9.12 Å². The molecule has 0 N–H and O–H groups in total. The Hall–Kier alpha value is -0.443. The minimum Gasteiger partial charge on any atom is -0.386 e. The van der Waals surface area contributed by atoms with Crippen LogP contribution in [-0.4, -0.2) is 30.3 Å². The highest BCUT2D eigenvalue weighted by Gasteiger charge is 2.30. The minimum absolute atomic E-state index is 0.665. The summed E-state index contributed by atoms with van der Waals surface area (Å²) in [5, 5.41) is 0. The van der Waals surface area contributed by atoms with Crippen LogP contribution in [0.3, 0.4) is 0 Å². The fourth-order valence-corrected chi connectivity index (χ4v) is 5.44. The maximum Gasteiger partial charge on any atom is 0.247 e. The summed E-state index contributed by atoms with van der Waals surface area (Å²) < 4.78 is 5.20. The Kier molecular flexibility index (Phi) is 4.05. The Morgan fingerprint density at radius 3 is 1.71 bits per heavy atom. The van der Waals surface area contributed by atoms with Gasteiger partial charge in [-0.3, -0.25) is 0 Å². The molecule has 14 heavy (non-hydrogen) atoms. The predicted octanol–water partition coefficient (Wildman–Crippen LogP) is 2.52. The van der Waals surface area contributed by atoms with Crippen molar-refractivity contribution in [2.24, 2.45) is 0 Å². The van der Waals surface area contributed by atoms with Crippen molar-refractivity contribution >= 4 is 9.12 Å². The van der Waals surface area contributed by atoms with Gasteiger partial charge in [0.1, 0.15) is 0 Å². The summed E-state index contributed by atoms with van der Waals surface area (Å²) in [5.74, 6) is 0. The molecule has 0 saturated heterocycles. The first-order valence-corrected chi connectivity index (χ1v) is 7.66. The molecule has 0 unspecified atom stereocenters. The van der Waals surface area contributed by atoms with Crippen LogP contribution < -0.4 is 0 Å². The first-order chi connectivity index (χ1) is 6.57. The lowest BCUT2D eigenvalue weighted by Gasteiger charge is -2.35. The first kappa shape index (κ1) is 11.6. The molecule has 0 fully saturated rings. The molecule has 0 saturated carbocycles. The van der Waals surface area contributed by atoms with E-state index in [1.54, 1.807) is 0 Å². The summed E-state index contributed by atoms with van der Waals surface area (Å²) in [6.45, 7) is 11.5. The highest BCUT2D eigenvalue weighted by Crippen LogP contribution is 2.21. The Morgan fingerprint density at radius 2 is 1.43 bits per heavy atom. The Morgan fingerprint density at radius 1 is 1.00 bits per heavy atom. The fraction of sp³-hybridized carbons (Fsp3) is 0.818. The van der Waals surface area contributed by atoms with Crippen LogP contribution in [0, 0.1) is 0 Å². The molecule has 3 heteroatoms. The quantitative estimate of drug-likeness (QED) is 0.661. The van der Waals surface area contributed by atoms with Gasteiger partial charge in [-0.1, -0.05) is 13.3 Å². The lowest BCUT2D eigenvalue weighted by molar-refractivity contribution is 0.418. The van der Waals surface area contributed by atoms with Gasteiger partial charge >= 0.3 is 0 Å². The largest absolute Gasteiger partial charge is 0.386 e. The van der Waals surface area contributed by atoms with Crippen molar-refractivity contribution in [1.82, 2.24) is 9.13 Å². The lowest BCUT2D eigenvalue weighted by atomic mass is 10.4. The zero-order valence-corrected chi connectivity index (χ0v) is 11.4. The van der Waals surface area contributed by atoms with Crippen LogP contribution in [0.4, 0.5) is 0 Å². The van der Waals surface area contributed by atoms with Gasteiger partial charge in [0.25, 0.3) is 0 Å². The molecule has 1 rings (SSSR count). The summed E-state index contributed by atoms with van der Waals surface area (Å²) in [4.78, 5) is 0. The van der Waals surface area contributed by atoms with Crippen LogP contribution in [0.25, 0.3) is 0 Å². The van der Waals surface area contributed by atoms with E-state index in [2.05, 4.69) is 56.1 Å². The van der Waals surface area contributed by atoms with Gasteiger partial charge < -0.3 is 9.13 Å². The highest BCUT2D eigenvalue weighted by atomic mass is 28.3. The smallest absolute Gasteiger partial charge is 0.247 e. The van der Waals surface area contributed by atoms with E-state index in [0.717, 1.165) is 0 Å². The highest BCUT2D eigenvalue weighted by molar-refractivity contribution is 6.54. The van der Waals surface area contributed by atoms with Gasteiger partial charge in [-0.05, 0) is 33.7 Å².